The highest BCUT2D eigenvalue weighted by atomic mass is 16.7. The van der Waals surface area contributed by atoms with Crippen molar-refractivity contribution >= 4 is 11.9 Å². The van der Waals surface area contributed by atoms with Crippen LogP contribution in [-0.2, 0) is 23.8 Å². The Morgan fingerprint density at radius 3 is 1.26 bits per heavy atom. The molecule has 1 rings (SSSR count). The van der Waals surface area contributed by atoms with Crippen LogP contribution in [0.25, 0.3) is 0 Å². The largest absolute Gasteiger partial charge is 0.454 e. The van der Waals surface area contributed by atoms with E-state index in [1.165, 1.54) is 218 Å². The first-order chi connectivity index (χ1) is 37.7. The van der Waals surface area contributed by atoms with E-state index in [4.69, 9.17) is 14.2 Å². The first-order valence-corrected chi connectivity index (χ1v) is 33.1. The number of carbonyl (C=O) groups excluding carboxylic acids is 2. The van der Waals surface area contributed by atoms with Crippen molar-refractivity contribution in [3.63, 3.8) is 0 Å². The molecule has 0 saturated carbocycles. The van der Waals surface area contributed by atoms with Gasteiger partial charge in [0.15, 0.2) is 12.4 Å². The zero-order valence-corrected chi connectivity index (χ0v) is 50.4. The molecule has 0 aromatic carbocycles. The lowest BCUT2D eigenvalue weighted by Gasteiger charge is -2.41. The molecule has 1 heterocycles. The third-order valence-corrected chi connectivity index (χ3v) is 15.9. The number of esters is 1. The Balaban J connectivity index is 2.57. The van der Waals surface area contributed by atoms with Gasteiger partial charge in [-0.2, -0.15) is 0 Å². The van der Waals surface area contributed by atoms with Gasteiger partial charge >= 0.3 is 5.97 Å². The topological polar surface area (TPSA) is 175 Å². The van der Waals surface area contributed by atoms with E-state index >= 15 is 0 Å². The van der Waals surface area contributed by atoms with Crippen LogP contribution in [0.5, 0.6) is 0 Å². The number of unbranched alkanes of at least 4 members (excludes halogenated alkanes) is 41. The Bertz CT molecular complexity index is 1350. The van der Waals surface area contributed by atoms with Gasteiger partial charge in [0.2, 0.25) is 5.91 Å². The molecule has 0 spiro atoms. The fourth-order valence-corrected chi connectivity index (χ4v) is 10.6. The number of hydrogen-bond donors (Lipinski definition) is 6. The maximum Gasteiger partial charge on any atom is 0.306 e. The van der Waals surface area contributed by atoms with Crippen molar-refractivity contribution < 1.29 is 49.3 Å². The third-order valence-electron chi connectivity index (χ3n) is 15.9. The number of nitrogens with one attached hydrogen (secondary N) is 1. The summed E-state index contributed by atoms with van der Waals surface area (Å²) in [7, 11) is 0. The van der Waals surface area contributed by atoms with Crippen molar-refractivity contribution in [3.8, 4) is 0 Å². The minimum absolute atomic E-state index is 0.128. The van der Waals surface area contributed by atoms with Crippen LogP contribution >= 0.6 is 0 Å². The lowest BCUT2D eigenvalue weighted by atomic mass is 9.99. The first kappa shape index (κ1) is 73.2. The van der Waals surface area contributed by atoms with Crippen LogP contribution in [0.1, 0.15) is 323 Å². The van der Waals surface area contributed by atoms with Crippen molar-refractivity contribution in [1.29, 1.82) is 0 Å². The van der Waals surface area contributed by atoms with Crippen LogP contribution in [0.3, 0.4) is 0 Å². The number of rotatable bonds is 57. The Morgan fingerprint density at radius 1 is 0.494 bits per heavy atom. The van der Waals surface area contributed by atoms with Gasteiger partial charge in [-0.1, -0.05) is 289 Å². The molecule has 11 heteroatoms. The second-order valence-electron chi connectivity index (χ2n) is 23.2. The second-order valence-corrected chi connectivity index (χ2v) is 23.2. The molecule has 8 unspecified atom stereocenters. The highest BCUT2D eigenvalue weighted by molar-refractivity contribution is 5.80. The molecule has 11 nitrogen and oxygen atoms in total. The van der Waals surface area contributed by atoms with E-state index in [1.807, 2.05) is 6.08 Å². The molecule has 0 aliphatic carbocycles. The van der Waals surface area contributed by atoms with Crippen LogP contribution in [0.4, 0.5) is 0 Å². The Kier molecular flexibility index (Phi) is 52.0. The van der Waals surface area contributed by atoms with Gasteiger partial charge in [0, 0.05) is 6.42 Å². The van der Waals surface area contributed by atoms with Crippen molar-refractivity contribution in [2.24, 2.45) is 0 Å². The predicted octanol–water partition coefficient (Wildman–Crippen LogP) is 16.1. The minimum atomic E-state index is -1.61. The van der Waals surface area contributed by atoms with E-state index < -0.39 is 67.4 Å². The van der Waals surface area contributed by atoms with Crippen molar-refractivity contribution in [3.05, 3.63) is 24.3 Å². The number of hydrogen-bond acceptors (Lipinski definition) is 10. The van der Waals surface area contributed by atoms with Gasteiger partial charge in [0.1, 0.15) is 24.4 Å². The maximum absolute atomic E-state index is 13.4. The molecule has 0 radical (unpaired) electrons. The summed E-state index contributed by atoms with van der Waals surface area (Å²) < 4.78 is 17.7. The quantitative estimate of drug-likeness (QED) is 0.0195. The van der Waals surface area contributed by atoms with Crippen molar-refractivity contribution in [2.45, 2.75) is 372 Å². The zero-order valence-electron chi connectivity index (χ0n) is 50.4. The Morgan fingerprint density at radius 2 is 0.857 bits per heavy atom. The molecule has 1 fully saturated rings. The molecular formula is C66H125NO10. The van der Waals surface area contributed by atoms with Gasteiger partial charge in [-0.25, -0.2) is 0 Å². The number of aliphatic hydroxyl groups excluding tert-OH is 5. The first-order valence-electron chi connectivity index (χ1n) is 33.1. The molecule has 8 atom stereocenters. The molecule has 0 bridgehead atoms. The molecule has 0 aromatic rings. The number of allylic oxidation sites excluding steroid dienone is 3. The van der Waals surface area contributed by atoms with E-state index in [-0.39, 0.29) is 13.0 Å². The normalized spacial score (nSPS) is 19.1. The number of amides is 1. The van der Waals surface area contributed by atoms with Gasteiger partial charge in [-0.3, -0.25) is 9.59 Å². The molecule has 1 aliphatic heterocycles. The highest BCUT2D eigenvalue weighted by Gasteiger charge is 2.47. The summed E-state index contributed by atoms with van der Waals surface area (Å²) in [5.74, 6) is -1.18. The number of ether oxygens (including phenoxy) is 3. The summed E-state index contributed by atoms with van der Waals surface area (Å²) in [6, 6.07) is -1.02. The number of carbonyl (C=O) groups is 2. The molecular weight excluding hydrogens is 967 g/mol. The average molecular weight is 1090 g/mol. The summed E-state index contributed by atoms with van der Waals surface area (Å²) in [5.41, 5.74) is 0. The average Bonchev–Trinajstić information content (AvgIpc) is 3.43. The van der Waals surface area contributed by atoms with Gasteiger partial charge in [-0.15, -0.1) is 0 Å². The summed E-state index contributed by atoms with van der Waals surface area (Å²) in [6.07, 6.45) is 53.7. The fourth-order valence-electron chi connectivity index (χ4n) is 10.6. The fraction of sp³-hybridized carbons (Fsp3) is 0.909. The smallest absolute Gasteiger partial charge is 0.306 e. The molecule has 1 amide bonds. The van der Waals surface area contributed by atoms with Crippen LogP contribution in [0.2, 0.25) is 0 Å². The van der Waals surface area contributed by atoms with E-state index in [0.29, 0.717) is 19.3 Å². The standard InChI is InChI=1S/C66H125NO10/c1-4-7-10-13-16-19-22-24-26-27-28-29-30-31-32-33-34-36-39-42-45-48-51-54-61(71)77-64-63(73)62(72)60(55-68)76-66(64)75-56-57(58(69)52-49-46-43-40-37-21-18-15-12-9-6-3)67-65(74)59(70)53-50-47-44-41-38-35-25-23-20-17-14-11-8-5-2/h24,26,49,52,57-60,62-64,66,68-70,72-73H,4-23,25,27-48,50-51,53-56H2,1-3H3,(H,67,74)/b26-24+,52-49+. The lowest BCUT2D eigenvalue weighted by molar-refractivity contribution is -0.305. The van der Waals surface area contributed by atoms with Crippen LogP contribution in [0, 0.1) is 0 Å². The molecule has 1 aliphatic rings. The van der Waals surface area contributed by atoms with E-state index in [0.717, 1.165) is 57.8 Å². The van der Waals surface area contributed by atoms with Gasteiger partial charge in [0.05, 0.1) is 25.4 Å². The van der Waals surface area contributed by atoms with Crippen LogP contribution in [-0.4, -0.2) is 99.6 Å². The number of aliphatic hydroxyl groups is 5. The monoisotopic (exact) mass is 1090 g/mol. The molecule has 454 valence electrons. The summed E-state index contributed by atoms with van der Waals surface area (Å²) in [4.78, 5) is 26.6. The van der Waals surface area contributed by atoms with Gasteiger partial charge in [-0.05, 0) is 51.4 Å². The van der Waals surface area contributed by atoms with Crippen molar-refractivity contribution in [1.82, 2.24) is 5.32 Å². The molecule has 1 saturated heterocycles. The summed E-state index contributed by atoms with van der Waals surface area (Å²) in [6.45, 7) is 5.81. The zero-order chi connectivity index (χ0) is 56.1. The highest BCUT2D eigenvalue weighted by Crippen LogP contribution is 2.26. The van der Waals surface area contributed by atoms with Crippen LogP contribution < -0.4 is 5.32 Å². The van der Waals surface area contributed by atoms with E-state index in [1.54, 1.807) is 6.08 Å². The van der Waals surface area contributed by atoms with Gasteiger partial charge < -0.3 is 45.1 Å². The predicted molar refractivity (Wildman–Crippen MR) is 320 cm³/mol. The second kappa shape index (κ2) is 54.7. The molecule has 77 heavy (non-hydrogen) atoms. The summed E-state index contributed by atoms with van der Waals surface area (Å²) >= 11 is 0. The molecule has 0 aromatic heterocycles. The van der Waals surface area contributed by atoms with Gasteiger partial charge in [0.25, 0.3) is 0 Å². The Hall–Kier alpha value is -1.86. The van der Waals surface area contributed by atoms with E-state index in [2.05, 4.69) is 38.2 Å². The summed E-state index contributed by atoms with van der Waals surface area (Å²) in [5, 5.41) is 57.0. The van der Waals surface area contributed by atoms with Crippen LogP contribution in [0.15, 0.2) is 24.3 Å². The third kappa shape index (κ3) is 42.6. The Labute approximate surface area is 473 Å². The molecule has 6 N–H and O–H groups in total. The SMILES string of the molecule is CCCCCCCC/C=C/CCCCCCCCCCCCCCCC(=O)OC1C(OCC(NC(=O)C(O)CCCCCCCCCCCCCCCC)C(O)/C=C/CCCCCCCCCCC)OC(CO)C(O)C1O. The minimum Gasteiger partial charge on any atom is -0.454 e. The lowest BCUT2D eigenvalue weighted by Crippen LogP contribution is -2.61. The van der Waals surface area contributed by atoms with Crippen molar-refractivity contribution in [2.75, 3.05) is 13.2 Å². The maximum atomic E-state index is 13.4. The van der Waals surface area contributed by atoms with E-state index in [9.17, 15) is 35.1 Å².